The van der Waals surface area contributed by atoms with Crippen LogP contribution in [0.4, 0.5) is 11.5 Å². The fourth-order valence-electron chi connectivity index (χ4n) is 2.89. The molecular formula is C17H25N5S2. The van der Waals surface area contributed by atoms with Crippen molar-refractivity contribution in [1.29, 1.82) is 0 Å². The van der Waals surface area contributed by atoms with E-state index in [-0.39, 0.29) is 12.1 Å². The second kappa shape index (κ2) is 7.55. The van der Waals surface area contributed by atoms with Crippen LogP contribution in [0.1, 0.15) is 27.7 Å². The molecule has 2 N–H and O–H groups in total. The molecule has 0 saturated heterocycles. The Bertz CT molecular complexity index is 701. The third-order valence-electron chi connectivity index (χ3n) is 3.79. The standard InChI is InChI=1S/C17H25N5S2/c1-11(2)21(12(3)4)22(17(23)24)15-14(19-20(5)16(15)18)13-9-7-6-8-10-13/h6-12H,18H2,1-5H3,(H,23,24). The van der Waals surface area contributed by atoms with Gasteiger partial charge in [0.25, 0.3) is 0 Å². The fourth-order valence-corrected chi connectivity index (χ4v) is 3.28. The van der Waals surface area contributed by atoms with Crippen molar-refractivity contribution in [2.24, 2.45) is 7.05 Å². The number of nitrogen functional groups attached to an aromatic ring is 1. The molecule has 130 valence electrons. The first-order valence-corrected chi connectivity index (χ1v) is 8.80. The molecule has 0 bridgehead atoms. The Balaban J connectivity index is 2.69. The molecule has 0 aliphatic heterocycles. The first kappa shape index (κ1) is 18.8. The van der Waals surface area contributed by atoms with E-state index in [1.807, 2.05) is 42.4 Å². The van der Waals surface area contributed by atoms with Gasteiger partial charge in [-0.2, -0.15) is 5.10 Å². The van der Waals surface area contributed by atoms with Crippen LogP contribution >= 0.6 is 24.8 Å². The molecule has 24 heavy (non-hydrogen) atoms. The van der Waals surface area contributed by atoms with Gasteiger partial charge in [0.15, 0.2) is 4.32 Å². The minimum Gasteiger partial charge on any atom is -0.382 e. The van der Waals surface area contributed by atoms with Crippen molar-refractivity contribution in [3.8, 4) is 11.3 Å². The lowest BCUT2D eigenvalue weighted by atomic mass is 10.1. The number of hydrogen-bond donors (Lipinski definition) is 2. The van der Waals surface area contributed by atoms with Gasteiger partial charge in [0.2, 0.25) is 0 Å². The van der Waals surface area contributed by atoms with Crippen LogP contribution in [0.15, 0.2) is 30.3 Å². The molecule has 0 saturated carbocycles. The molecule has 1 aromatic heterocycles. The number of nitrogens with zero attached hydrogens (tertiary/aromatic N) is 4. The highest BCUT2D eigenvalue weighted by Gasteiger charge is 2.30. The minimum atomic E-state index is 0.221. The average Bonchev–Trinajstić information content (AvgIpc) is 2.80. The molecule has 0 unspecified atom stereocenters. The predicted octanol–water partition coefficient (Wildman–Crippen LogP) is 3.72. The second-order valence-corrected chi connectivity index (χ2v) is 7.35. The summed E-state index contributed by atoms with van der Waals surface area (Å²) in [5.74, 6) is 0.552. The normalized spacial score (nSPS) is 11.5. The lowest BCUT2D eigenvalue weighted by Crippen LogP contribution is -2.52. The molecule has 2 rings (SSSR count). The lowest BCUT2D eigenvalue weighted by molar-refractivity contribution is 0.185. The highest BCUT2D eigenvalue weighted by Crippen LogP contribution is 2.37. The molecule has 0 radical (unpaired) electrons. The molecule has 5 nitrogen and oxygen atoms in total. The van der Waals surface area contributed by atoms with Gasteiger partial charge in [-0.3, -0.25) is 9.69 Å². The summed E-state index contributed by atoms with van der Waals surface area (Å²) < 4.78 is 2.12. The molecule has 0 spiro atoms. The van der Waals surface area contributed by atoms with Crippen molar-refractivity contribution >= 4 is 40.7 Å². The Labute approximate surface area is 154 Å². The molecule has 2 aromatic rings. The van der Waals surface area contributed by atoms with Crippen molar-refractivity contribution in [1.82, 2.24) is 14.8 Å². The van der Waals surface area contributed by atoms with Crippen LogP contribution in [0.2, 0.25) is 0 Å². The SMILES string of the molecule is CC(C)N(C(C)C)N(C(=S)S)c1c(-c2ccccc2)nn(C)c1N. The summed E-state index contributed by atoms with van der Waals surface area (Å²) >= 11 is 9.92. The molecule has 0 aliphatic rings. The van der Waals surface area contributed by atoms with E-state index in [4.69, 9.17) is 18.0 Å². The number of thiocarbonyl (C=S) groups is 1. The first-order valence-electron chi connectivity index (χ1n) is 7.94. The van der Waals surface area contributed by atoms with Crippen LogP contribution in [-0.4, -0.2) is 31.2 Å². The van der Waals surface area contributed by atoms with Gasteiger partial charge in [-0.05, 0) is 27.7 Å². The Kier molecular flexibility index (Phi) is 5.90. The molecule has 1 aromatic carbocycles. The molecular weight excluding hydrogens is 338 g/mol. The Morgan fingerprint density at radius 1 is 1.17 bits per heavy atom. The van der Waals surface area contributed by atoms with Crippen molar-refractivity contribution in [3.05, 3.63) is 30.3 Å². The summed E-state index contributed by atoms with van der Waals surface area (Å²) in [7, 11) is 1.83. The molecule has 1 heterocycles. The maximum atomic E-state index is 6.36. The molecule has 0 fully saturated rings. The maximum absolute atomic E-state index is 6.36. The van der Waals surface area contributed by atoms with E-state index in [2.05, 4.69) is 50.4 Å². The van der Waals surface area contributed by atoms with E-state index in [0.29, 0.717) is 10.1 Å². The van der Waals surface area contributed by atoms with Crippen LogP contribution in [0.3, 0.4) is 0 Å². The summed E-state index contributed by atoms with van der Waals surface area (Å²) in [5.41, 5.74) is 8.90. The summed E-state index contributed by atoms with van der Waals surface area (Å²) in [6.45, 7) is 8.48. The minimum absolute atomic E-state index is 0.221. The Morgan fingerprint density at radius 2 is 1.71 bits per heavy atom. The number of rotatable bonds is 5. The van der Waals surface area contributed by atoms with Crippen LogP contribution in [0.25, 0.3) is 11.3 Å². The third-order valence-corrected chi connectivity index (χ3v) is 4.16. The number of aryl methyl sites for hydroxylation is 1. The van der Waals surface area contributed by atoms with Gasteiger partial charge in [0, 0.05) is 24.7 Å². The van der Waals surface area contributed by atoms with Gasteiger partial charge < -0.3 is 5.73 Å². The van der Waals surface area contributed by atoms with Crippen molar-refractivity contribution < 1.29 is 0 Å². The largest absolute Gasteiger partial charge is 0.382 e. The lowest BCUT2D eigenvalue weighted by Gasteiger charge is -2.41. The zero-order valence-corrected chi connectivity index (χ0v) is 16.5. The van der Waals surface area contributed by atoms with Crippen LogP contribution in [0.5, 0.6) is 0 Å². The Hall–Kier alpha value is -1.57. The third kappa shape index (κ3) is 3.58. The van der Waals surface area contributed by atoms with Crippen molar-refractivity contribution in [2.75, 3.05) is 10.7 Å². The quantitative estimate of drug-likeness (QED) is 0.482. The van der Waals surface area contributed by atoms with E-state index >= 15 is 0 Å². The number of hydrogen-bond acceptors (Lipinski definition) is 4. The topological polar surface area (TPSA) is 50.3 Å². The number of benzene rings is 1. The highest BCUT2D eigenvalue weighted by molar-refractivity contribution is 8.11. The van der Waals surface area contributed by atoms with Gasteiger partial charge in [-0.1, -0.05) is 42.5 Å². The first-order chi connectivity index (χ1) is 11.3. The van der Waals surface area contributed by atoms with E-state index in [1.54, 1.807) is 4.68 Å². The van der Waals surface area contributed by atoms with E-state index in [9.17, 15) is 0 Å². The summed E-state index contributed by atoms with van der Waals surface area (Å²) in [6, 6.07) is 10.4. The van der Waals surface area contributed by atoms with Crippen LogP contribution in [-0.2, 0) is 7.05 Å². The highest BCUT2D eigenvalue weighted by atomic mass is 32.1. The van der Waals surface area contributed by atoms with Gasteiger partial charge in [0.1, 0.15) is 17.2 Å². The number of anilines is 2. The van der Waals surface area contributed by atoms with Crippen LogP contribution < -0.4 is 10.7 Å². The number of nitrogens with two attached hydrogens (primary N) is 1. The number of hydrazine groups is 1. The summed E-state index contributed by atoms with van der Waals surface area (Å²) in [4.78, 5) is 0. The molecule has 7 heteroatoms. The van der Waals surface area contributed by atoms with Gasteiger partial charge in [-0.15, -0.1) is 12.6 Å². The number of aromatic nitrogens is 2. The predicted molar refractivity (Wildman–Crippen MR) is 109 cm³/mol. The van der Waals surface area contributed by atoms with Crippen molar-refractivity contribution in [3.63, 3.8) is 0 Å². The molecule has 0 aliphatic carbocycles. The monoisotopic (exact) mass is 363 g/mol. The van der Waals surface area contributed by atoms with Crippen LogP contribution in [0, 0.1) is 0 Å². The van der Waals surface area contributed by atoms with E-state index in [0.717, 1.165) is 16.9 Å². The zero-order chi connectivity index (χ0) is 18.0. The van der Waals surface area contributed by atoms with Crippen molar-refractivity contribution in [2.45, 2.75) is 39.8 Å². The fraction of sp³-hybridized carbons (Fsp3) is 0.412. The van der Waals surface area contributed by atoms with E-state index < -0.39 is 0 Å². The summed E-state index contributed by atoms with van der Waals surface area (Å²) in [5, 5.41) is 8.68. The smallest absolute Gasteiger partial charge is 0.152 e. The average molecular weight is 364 g/mol. The molecule has 0 atom stereocenters. The second-order valence-electron chi connectivity index (χ2n) is 6.23. The van der Waals surface area contributed by atoms with Gasteiger partial charge in [-0.25, -0.2) is 5.01 Å². The molecule has 0 amide bonds. The maximum Gasteiger partial charge on any atom is 0.152 e. The van der Waals surface area contributed by atoms with Gasteiger partial charge in [0.05, 0.1) is 0 Å². The van der Waals surface area contributed by atoms with Gasteiger partial charge >= 0.3 is 0 Å². The number of thiol groups is 1. The van der Waals surface area contributed by atoms with E-state index in [1.165, 1.54) is 0 Å². The zero-order valence-electron chi connectivity index (χ0n) is 14.8. The summed E-state index contributed by atoms with van der Waals surface area (Å²) in [6.07, 6.45) is 0. The Morgan fingerprint density at radius 3 is 2.17 bits per heavy atom.